The smallest absolute Gasteiger partial charge is 0.177 e. The van der Waals surface area contributed by atoms with Crippen molar-refractivity contribution in [3.05, 3.63) is 54.1 Å². The van der Waals surface area contributed by atoms with E-state index in [2.05, 4.69) is 5.32 Å². The van der Waals surface area contributed by atoms with Crippen molar-refractivity contribution in [3.63, 3.8) is 0 Å². The second-order valence-corrected chi connectivity index (χ2v) is 5.97. The van der Waals surface area contributed by atoms with Gasteiger partial charge in [-0.25, -0.2) is 0 Å². The minimum atomic E-state index is -1.15. The fourth-order valence-corrected chi connectivity index (χ4v) is 2.45. The number of anilines is 2. The number of methoxy groups -OCH3 is 1. The van der Waals surface area contributed by atoms with Crippen LogP contribution in [0.3, 0.4) is 0 Å². The van der Waals surface area contributed by atoms with E-state index < -0.39 is 10.8 Å². The number of nitrogens with one attached hydrogen (secondary N) is 1. The zero-order chi connectivity index (χ0) is 15.2. The third-order valence-corrected chi connectivity index (χ3v) is 3.60. The highest BCUT2D eigenvalue weighted by molar-refractivity contribution is 7.85. The molecule has 0 saturated carbocycles. The van der Waals surface area contributed by atoms with Gasteiger partial charge in [-0.3, -0.25) is 9.00 Å². The van der Waals surface area contributed by atoms with Crippen molar-refractivity contribution in [2.75, 3.05) is 24.4 Å². The number of ether oxygens (including phenoxy) is 1. The predicted octanol–water partition coefficient (Wildman–Crippen LogP) is 3.00. The lowest BCUT2D eigenvalue weighted by Crippen LogP contribution is -2.11. The molecule has 0 aliphatic rings. The number of para-hydroxylation sites is 1. The van der Waals surface area contributed by atoms with Gasteiger partial charge in [-0.1, -0.05) is 12.1 Å². The van der Waals surface area contributed by atoms with Crippen molar-refractivity contribution < 1.29 is 13.7 Å². The molecule has 0 spiro atoms. The summed E-state index contributed by atoms with van der Waals surface area (Å²) in [6.45, 7) is 0. The van der Waals surface area contributed by atoms with Gasteiger partial charge in [-0.2, -0.15) is 0 Å². The molecule has 0 saturated heterocycles. The van der Waals surface area contributed by atoms with Crippen LogP contribution < -0.4 is 10.1 Å². The Morgan fingerprint density at radius 3 is 2.43 bits per heavy atom. The van der Waals surface area contributed by atoms with Gasteiger partial charge in [-0.15, -0.1) is 0 Å². The maximum absolute atomic E-state index is 12.1. The number of carbonyl (C=O) groups is 1. The number of rotatable bonds is 6. The standard InChI is InChI=1S/C16H17NO3S/c1-20-13-9-7-12(8-10-13)17-15-6-4-3-5-14(15)16(18)11-21(2)19/h3-10,17H,11H2,1-2H3/t21-/m1/s1. The summed E-state index contributed by atoms with van der Waals surface area (Å²) >= 11 is 0. The summed E-state index contributed by atoms with van der Waals surface area (Å²) < 4.78 is 16.3. The van der Waals surface area contributed by atoms with Crippen molar-refractivity contribution in [1.82, 2.24) is 0 Å². The molecule has 0 radical (unpaired) electrons. The van der Waals surface area contributed by atoms with E-state index in [0.29, 0.717) is 11.3 Å². The highest BCUT2D eigenvalue weighted by Crippen LogP contribution is 2.23. The summed E-state index contributed by atoms with van der Waals surface area (Å²) in [5.41, 5.74) is 2.11. The van der Waals surface area contributed by atoms with Gasteiger partial charge >= 0.3 is 0 Å². The lowest BCUT2D eigenvalue weighted by atomic mass is 10.1. The number of Topliss-reactive ketones (excluding diaryl/α,β-unsaturated/α-hetero) is 1. The first-order chi connectivity index (χ1) is 10.1. The molecule has 0 unspecified atom stereocenters. The van der Waals surface area contributed by atoms with Crippen LogP contribution in [-0.2, 0) is 10.8 Å². The molecule has 4 nitrogen and oxygen atoms in total. The summed E-state index contributed by atoms with van der Waals surface area (Å²) in [6, 6.07) is 14.6. The number of hydrogen-bond donors (Lipinski definition) is 1. The lowest BCUT2D eigenvalue weighted by molar-refractivity contribution is 0.102. The van der Waals surface area contributed by atoms with Gasteiger partial charge in [-0.05, 0) is 36.4 Å². The molecule has 5 heteroatoms. The monoisotopic (exact) mass is 303 g/mol. The van der Waals surface area contributed by atoms with Gasteiger partial charge in [0.1, 0.15) is 5.75 Å². The molecule has 0 fully saturated rings. The van der Waals surface area contributed by atoms with Crippen LogP contribution >= 0.6 is 0 Å². The zero-order valence-electron chi connectivity index (χ0n) is 12.0. The van der Waals surface area contributed by atoms with E-state index in [0.717, 1.165) is 11.4 Å². The molecule has 1 N–H and O–H groups in total. The highest BCUT2D eigenvalue weighted by atomic mass is 32.2. The molecule has 0 aliphatic carbocycles. The third-order valence-electron chi connectivity index (χ3n) is 2.93. The van der Waals surface area contributed by atoms with Crippen molar-refractivity contribution in [2.45, 2.75) is 0 Å². The molecule has 2 rings (SSSR count). The van der Waals surface area contributed by atoms with Gasteiger partial charge < -0.3 is 10.1 Å². The van der Waals surface area contributed by atoms with Crippen LogP contribution in [0, 0.1) is 0 Å². The SMILES string of the molecule is COc1ccc(Nc2ccccc2C(=O)C[S@@](C)=O)cc1. The van der Waals surface area contributed by atoms with E-state index in [9.17, 15) is 9.00 Å². The lowest BCUT2D eigenvalue weighted by Gasteiger charge is -2.11. The summed E-state index contributed by atoms with van der Waals surface area (Å²) in [5.74, 6) is 0.667. The second kappa shape index (κ2) is 7.04. The molecule has 2 aromatic rings. The van der Waals surface area contributed by atoms with E-state index in [1.807, 2.05) is 36.4 Å². The Bertz CT molecular complexity index is 653. The quantitative estimate of drug-likeness (QED) is 0.834. The Morgan fingerprint density at radius 1 is 1.14 bits per heavy atom. The van der Waals surface area contributed by atoms with Crippen LogP contribution in [0.4, 0.5) is 11.4 Å². The molecule has 0 aliphatic heterocycles. The number of carbonyl (C=O) groups excluding carboxylic acids is 1. The van der Waals surface area contributed by atoms with Crippen LogP contribution in [0.5, 0.6) is 5.75 Å². The molecule has 110 valence electrons. The van der Waals surface area contributed by atoms with E-state index in [1.165, 1.54) is 6.26 Å². The predicted molar refractivity (Wildman–Crippen MR) is 86.0 cm³/mol. The number of hydrogen-bond acceptors (Lipinski definition) is 4. The van der Waals surface area contributed by atoms with E-state index in [-0.39, 0.29) is 11.5 Å². The van der Waals surface area contributed by atoms with E-state index in [1.54, 1.807) is 19.2 Å². The van der Waals surface area contributed by atoms with Crippen molar-refractivity contribution in [1.29, 1.82) is 0 Å². The van der Waals surface area contributed by atoms with Gasteiger partial charge in [0, 0.05) is 34.0 Å². The summed E-state index contributed by atoms with van der Waals surface area (Å²) in [4.78, 5) is 12.1. The van der Waals surface area contributed by atoms with Gasteiger partial charge in [0.25, 0.3) is 0 Å². The molecule has 0 heterocycles. The van der Waals surface area contributed by atoms with Crippen molar-refractivity contribution >= 4 is 28.0 Å². The maximum Gasteiger partial charge on any atom is 0.177 e. The summed E-state index contributed by atoms with van der Waals surface area (Å²) in [5, 5.41) is 3.20. The molecular formula is C16H17NO3S. The fraction of sp³-hybridized carbons (Fsp3) is 0.188. The molecule has 1 atom stereocenters. The average Bonchev–Trinajstić information content (AvgIpc) is 2.48. The van der Waals surface area contributed by atoms with Crippen LogP contribution in [0.2, 0.25) is 0 Å². The Kier molecular flexibility index (Phi) is 5.11. The van der Waals surface area contributed by atoms with E-state index >= 15 is 0 Å². The first kappa shape index (κ1) is 15.3. The Morgan fingerprint density at radius 2 is 1.81 bits per heavy atom. The first-order valence-corrected chi connectivity index (χ1v) is 8.16. The van der Waals surface area contributed by atoms with Crippen LogP contribution in [0.1, 0.15) is 10.4 Å². The number of benzene rings is 2. The van der Waals surface area contributed by atoms with Gasteiger partial charge in [0.05, 0.1) is 12.9 Å². The minimum Gasteiger partial charge on any atom is -0.497 e. The Labute approximate surface area is 126 Å². The molecule has 0 bridgehead atoms. The molecule has 0 amide bonds. The highest BCUT2D eigenvalue weighted by Gasteiger charge is 2.12. The Balaban J connectivity index is 2.23. The molecular weight excluding hydrogens is 286 g/mol. The molecule has 21 heavy (non-hydrogen) atoms. The normalized spacial score (nSPS) is 11.7. The number of ketones is 1. The second-order valence-electron chi connectivity index (χ2n) is 4.54. The Hall–Kier alpha value is -2.14. The summed E-state index contributed by atoms with van der Waals surface area (Å²) in [7, 11) is 0.463. The third kappa shape index (κ3) is 4.16. The first-order valence-electron chi connectivity index (χ1n) is 6.43. The summed E-state index contributed by atoms with van der Waals surface area (Å²) in [6.07, 6.45) is 1.53. The zero-order valence-corrected chi connectivity index (χ0v) is 12.8. The van der Waals surface area contributed by atoms with Crippen LogP contribution in [0.15, 0.2) is 48.5 Å². The average molecular weight is 303 g/mol. The molecule has 0 aromatic heterocycles. The van der Waals surface area contributed by atoms with Crippen molar-refractivity contribution in [3.8, 4) is 5.75 Å². The van der Waals surface area contributed by atoms with Gasteiger partial charge in [0.15, 0.2) is 5.78 Å². The van der Waals surface area contributed by atoms with Crippen LogP contribution in [-0.4, -0.2) is 29.1 Å². The minimum absolute atomic E-state index is 0.0291. The van der Waals surface area contributed by atoms with E-state index in [4.69, 9.17) is 4.74 Å². The fourth-order valence-electron chi connectivity index (χ4n) is 1.93. The largest absolute Gasteiger partial charge is 0.497 e. The molecule has 2 aromatic carbocycles. The van der Waals surface area contributed by atoms with Gasteiger partial charge in [0.2, 0.25) is 0 Å². The maximum atomic E-state index is 12.1. The van der Waals surface area contributed by atoms with Crippen molar-refractivity contribution in [2.24, 2.45) is 0 Å². The van der Waals surface area contributed by atoms with Crippen LogP contribution in [0.25, 0.3) is 0 Å². The topological polar surface area (TPSA) is 55.4 Å².